The Labute approximate surface area is 153 Å². The average molecular weight is 362 g/mol. The van der Waals surface area contributed by atoms with Crippen LogP contribution in [0.1, 0.15) is 33.6 Å². The molecule has 2 aliphatic rings. The van der Waals surface area contributed by atoms with Crippen LogP contribution in [-0.4, -0.2) is 43.0 Å². The maximum absolute atomic E-state index is 13.7. The molecule has 1 heterocycles. The lowest BCUT2D eigenvalue weighted by atomic mass is 9.64. The van der Waals surface area contributed by atoms with Gasteiger partial charge in [-0.25, -0.2) is 4.39 Å². The van der Waals surface area contributed by atoms with Gasteiger partial charge < -0.3 is 15.0 Å². The summed E-state index contributed by atoms with van der Waals surface area (Å²) in [5.41, 5.74) is -1.02. The van der Waals surface area contributed by atoms with Gasteiger partial charge in [-0.2, -0.15) is 0 Å². The summed E-state index contributed by atoms with van der Waals surface area (Å²) in [6.07, 6.45) is 1.20. The molecule has 0 aromatic heterocycles. The predicted molar refractivity (Wildman–Crippen MR) is 96.1 cm³/mol. The summed E-state index contributed by atoms with van der Waals surface area (Å²) in [6.45, 7) is 6.87. The second-order valence-electron chi connectivity index (χ2n) is 8.14. The van der Waals surface area contributed by atoms with Gasteiger partial charge in [-0.15, -0.1) is 0 Å². The van der Waals surface area contributed by atoms with E-state index in [1.54, 1.807) is 30.1 Å². The van der Waals surface area contributed by atoms with Gasteiger partial charge in [0.2, 0.25) is 11.8 Å². The molecule has 0 unspecified atom stereocenters. The lowest BCUT2D eigenvalue weighted by molar-refractivity contribution is -0.157. The van der Waals surface area contributed by atoms with E-state index in [0.717, 1.165) is 0 Å². The van der Waals surface area contributed by atoms with Crippen LogP contribution in [0.4, 0.5) is 4.39 Å². The fourth-order valence-corrected chi connectivity index (χ4v) is 4.26. The number of nitrogens with zero attached hydrogens (tertiary/aromatic N) is 1. The van der Waals surface area contributed by atoms with Crippen LogP contribution in [0.3, 0.4) is 0 Å². The van der Waals surface area contributed by atoms with Gasteiger partial charge in [0.15, 0.2) is 11.6 Å². The van der Waals surface area contributed by atoms with Crippen LogP contribution in [0.15, 0.2) is 24.3 Å². The standard InChI is InChI=1S/C20H27FN2O3/c1-19(2)14(17(24)22-4)9-10-20(19,3)18(25)23-11-13(12-23)26-16-8-6-5-7-15(16)21/h5-8,13-14H,9-12H2,1-4H3,(H,22,24)/t14-,20+/m0/s1. The molecule has 5 nitrogen and oxygen atoms in total. The van der Waals surface area contributed by atoms with Crippen LogP contribution in [0.25, 0.3) is 0 Å². The van der Waals surface area contributed by atoms with Gasteiger partial charge in [0.1, 0.15) is 6.10 Å². The second kappa shape index (κ2) is 6.56. The number of amides is 2. The summed E-state index contributed by atoms with van der Waals surface area (Å²) in [7, 11) is 1.63. The Morgan fingerprint density at radius 3 is 2.50 bits per heavy atom. The molecule has 6 heteroatoms. The first-order valence-electron chi connectivity index (χ1n) is 9.13. The van der Waals surface area contributed by atoms with Crippen LogP contribution in [-0.2, 0) is 9.59 Å². The summed E-state index contributed by atoms with van der Waals surface area (Å²) < 4.78 is 19.3. The Hall–Kier alpha value is -2.11. The van der Waals surface area contributed by atoms with Crippen LogP contribution < -0.4 is 10.1 Å². The van der Waals surface area contributed by atoms with Crippen molar-refractivity contribution in [3.8, 4) is 5.75 Å². The third kappa shape index (κ3) is 2.85. The Morgan fingerprint density at radius 1 is 1.23 bits per heavy atom. The summed E-state index contributed by atoms with van der Waals surface area (Å²) in [4.78, 5) is 27.1. The molecule has 0 bridgehead atoms. The third-order valence-corrected chi connectivity index (χ3v) is 6.53. The first kappa shape index (κ1) is 18.7. The topological polar surface area (TPSA) is 58.6 Å². The van der Waals surface area contributed by atoms with Crippen LogP contribution in [0, 0.1) is 22.6 Å². The molecule has 1 aliphatic carbocycles. The molecule has 2 amide bonds. The van der Waals surface area contributed by atoms with E-state index in [4.69, 9.17) is 4.74 Å². The van der Waals surface area contributed by atoms with E-state index in [2.05, 4.69) is 5.32 Å². The van der Waals surface area contributed by atoms with Gasteiger partial charge >= 0.3 is 0 Å². The van der Waals surface area contributed by atoms with Crippen LogP contribution in [0.2, 0.25) is 0 Å². The SMILES string of the molecule is CNC(=O)[C@@H]1CC[C@](C)(C(=O)N2CC(Oc3ccccc3F)C2)C1(C)C. The Morgan fingerprint density at radius 2 is 1.88 bits per heavy atom. The highest BCUT2D eigenvalue weighted by atomic mass is 19.1. The number of carbonyl (C=O) groups is 2. The van der Waals surface area contributed by atoms with E-state index < -0.39 is 16.6 Å². The zero-order valence-electron chi connectivity index (χ0n) is 15.8. The molecular weight excluding hydrogens is 335 g/mol. The molecule has 1 aromatic carbocycles. The zero-order valence-corrected chi connectivity index (χ0v) is 15.8. The number of ether oxygens (including phenoxy) is 1. The zero-order chi connectivity index (χ0) is 19.1. The number of likely N-dealkylation sites (tertiary alicyclic amines) is 1. The number of hydrogen-bond acceptors (Lipinski definition) is 3. The van der Waals surface area contributed by atoms with Crippen LogP contribution >= 0.6 is 0 Å². The largest absolute Gasteiger partial charge is 0.484 e. The quantitative estimate of drug-likeness (QED) is 0.896. The van der Waals surface area contributed by atoms with Crippen molar-refractivity contribution >= 4 is 11.8 Å². The van der Waals surface area contributed by atoms with Crippen molar-refractivity contribution in [2.75, 3.05) is 20.1 Å². The summed E-state index contributed by atoms with van der Waals surface area (Å²) >= 11 is 0. The average Bonchev–Trinajstić information content (AvgIpc) is 2.81. The summed E-state index contributed by atoms with van der Waals surface area (Å²) in [5, 5.41) is 2.72. The number of carbonyl (C=O) groups excluding carboxylic acids is 2. The Kier molecular flexibility index (Phi) is 4.71. The maximum atomic E-state index is 13.7. The Bertz CT molecular complexity index is 715. The molecule has 1 aliphatic heterocycles. The fraction of sp³-hybridized carbons (Fsp3) is 0.600. The van der Waals surface area contributed by atoms with Gasteiger partial charge in [-0.3, -0.25) is 9.59 Å². The number of halogens is 1. The number of rotatable bonds is 4. The fourth-order valence-electron chi connectivity index (χ4n) is 4.26. The molecule has 1 N–H and O–H groups in total. The molecule has 1 saturated heterocycles. The van der Waals surface area contributed by atoms with Crippen molar-refractivity contribution in [1.82, 2.24) is 10.2 Å². The first-order chi connectivity index (χ1) is 12.2. The van der Waals surface area contributed by atoms with E-state index in [1.165, 1.54) is 6.07 Å². The van der Waals surface area contributed by atoms with Gasteiger partial charge in [0.25, 0.3) is 0 Å². The Balaban J connectivity index is 1.64. The predicted octanol–water partition coefficient (Wildman–Crippen LogP) is 2.60. The van der Waals surface area contributed by atoms with E-state index in [9.17, 15) is 14.0 Å². The lowest BCUT2D eigenvalue weighted by Gasteiger charge is -2.47. The second-order valence-corrected chi connectivity index (χ2v) is 8.14. The van der Waals surface area contributed by atoms with Crippen molar-refractivity contribution < 1.29 is 18.7 Å². The highest BCUT2D eigenvalue weighted by Crippen LogP contribution is 2.57. The normalized spacial score (nSPS) is 27.7. The van der Waals surface area contributed by atoms with Gasteiger partial charge in [0.05, 0.1) is 18.5 Å². The minimum atomic E-state index is -0.590. The highest BCUT2D eigenvalue weighted by Gasteiger charge is 2.59. The number of nitrogens with one attached hydrogen (secondary N) is 1. The minimum Gasteiger partial charge on any atom is -0.484 e. The number of benzene rings is 1. The van der Waals surface area contributed by atoms with Crippen molar-refractivity contribution in [1.29, 1.82) is 0 Å². The molecule has 26 heavy (non-hydrogen) atoms. The van der Waals surface area contributed by atoms with E-state index in [0.29, 0.717) is 25.9 Å². The molecule has 0 radical (unpaired) electrons. The minimum absolute atomic E-state index is 0.00380. The number of hydrogen-bond donors (Lipinski definition) is 1. The van der Waals surface area contributed by atoms with E-state index >= 15 is 0 Å². The highest BCUT2D eigenvalue weighted by molar-refractivity contribution is 5.87. The van der Waals surface area contributed by atoms with E-state index in [1.807, 2.05) is 20.8 Å². The molecule has 2 atom stereocenters. The van der Waals surface area contributed by atoms with Crippen LogP contribution in [0.5, 0.6) is 5.75 Å². The molecule has 142 valence electrons. The number of para-hydroxylation sites is 1. The molecule has 2 fully saturated rings. The van der Waals surface area contributed by atoms with Gasteiger partial charge in [0, 0.05) is 13.0 Å². The summed E-state index contributed by atoms with van der Waals surface area (Å²) in [6, 6.07) is 6.29. The lowest BCUT2D eigenvalue weighted by Crippen LogP contribution is -2.61. The molecule has 0 spiro atoms. The van der Waals surface area contributed by atoms with E-state index in [-0.39, 0.29) is 29.6 Å². The molecular formula is C20H27FN2O3. The molecule has 1 aromatic rings. The van der Waals surface area contributed by atoms with Crippen molar-refractivity contribution in [2.45, 2.75) is 39.7 Å². The monoisotopic (exact) mass is 362 g/mol. The molecule has 1 saturated carbocycles. The van der Waals surface area contributed by atoms with Crippen molar-refractivity contribution in [2.24, 2.45) is 16.7 Å². The summed E-state index contributed by atoms with van der Waals surface area (Å²) in [5.74, 6) is -0.294. The first-order valence-corrected chi connectivity index (χ1v) is 9.13. The maximum Gasteiger partial charge on any atom is 0.229 e. The third-order valence-electron chi connectivity index (χ3n) is 6.53. The van der Waals surface area contributed by atoms with Gasteiger partial charge in [-0.1, -0.05) is 32.9 Å². The van der Waals surface area contributed by atoms with Gasteiger partial charge in [-0.05, 0) is 30.4 Å². The van der Waals surface area contributed by atoms with Crippen molar-refractivity contribution in [3.63, 3.8) is 0 Å². The smallest absolute Gasteiger partial charge is 0.229 e. The van der Waals surface area contributed by atoms with Crippen molar-refractivity contribution in [3.05, 3.63) is 30.1 Å². The molecule has 3 rings (SSSR count).